The molecule has 1 unspecified atom stereocenters. The highest BCUT2D eigenvalue weighted by Gasteiger charge is 2.24. The van der Waals surface area contributed by atoms with Crippen LogP contribution in [0.5, 0.6) is 11.5 Å². The van der Waals surface area contributed by atoms with Gasteiger partial charge in [0.15, 0.2) is 17.5 Å². The lowest BCUT2D eigenvalue weighted by Gasteiger charge is -2.35. The third-order valence-corrected chi connectivity index (χ3v) is 5.31. The Hall–Kier alpha value is -1.52. The predicted octanol–water partition coefficient (Wildman–Crippen LogP) is 2.58. The zero-order valence-electron chi connectivity index (χ0n) is 17.5. The summed E-state index contributed by atoms with van der Waals surface area (Å²) < 4.78 is 16.5. The second-order valence-corrected chi connectivity index (χ2v) is 7.02. The third kappa shape index (κ3) is 6.48. The molecule has 1 fully saturated rings. The van der Waals surface area contributed by atoms with E-state index >= 15 is 0 Å². The van der Waals surface area contributed by atoms with Crippen LogP contribution < -0.4 is 20.1 Å². The topological polar surface area (TPSA) is 67.4 Å². The first-order valence-electron chi connectivity index (χ1n) is 9.91. The number of rotatable bonds is 7. The van der Waals surface area contributed by atoms with Gasteiger partial charge in [0, 0.05) is 32.7 Å². The maximum absolute atomic E-state index is 5.55. The maximum Gasteiger partial charge on any atom is 0.191 e. The Labute approximate surface area is 190 Å². The molecule has 1 saturated heterocycles. The van der Waals surface area contributed by atoms with Crippen molar-refractivity contribution >= 4 is 29.9 Å². The summed E-state index contributed by atoms with van der Waals surface area (Å²) in [5, 5.41) is 7.02. The number of benzene rings is 1. The highest BCUT2D eigenvalue weighted by Crippen LogP contribution is 2.32. The fraction of sp³-hybridized carbons (Fsp3) is 0.571. The number of methoxy groups -OCH3 is 2. The Morgan fingerprint density at radius 1 is 1.17 bits per heavy atom. The number of ether oxygens (including phenoxy) is 3. The van der Waals surface area contributed by atoms with Gasteiger partial charge in [0.05, 0.1) is 33.5 Å². The monoisotopic (exact) mass is 516 g/mol. The van der Waals surface area contributed by atoms with Crippen LogP contribution in [-0.4, -0.2) is 71.0 Å². The van der Waals surface area contributed by atoms with Gasteiger partial charge in [-0.2, -0.15) is 0 Å². The standard InChI is InChI=1S/C21H32N4O3.HI/c1-22-21(24-17-6-4-5-7-17)23-15-18(25-10-12-28-13-11-25)16-8-9-19(26-2)20(14-16)27-3;/h4-5,8-9,14,17-18H,6-7,10-13,15H2,1-3H3,(H2,22,23,24);1H. The minimum Gasteiger partial charge on any atom is -0.493 e. The van der Waals surface area contributed by atoms with Crippen molar-refractivity contribution in [2.45, 2.75) is 24.9 Å². The molecule has 0 aromatic heterocycles. The van der Waals surface area contributed by atoms with Gasteiger partial charge in [0.2, 0.25) is 0 Å². The fourth-order valence-electron chi connectivity index (χ4n) is 3.72. The molecule has 29 heavy (non-hydrogen) atoms. The van der Waals surface area contributed by atoms with Gasteiger partial charge >= 0.3 is 0 Å². The largest absolute Gasteiger partial charge is 0.493 e. The first kappa shape index (κ1) is 23.8. The summed E-state index contributed by atoms with van der Waals surface area (Å²) in [6.07, 6.45) is 6.52. The van der Waals surface area contributed by atoms with E-state index in [0.717, 1.165) is 63.1 Å². The molecule has 1 aromatic rings. The quantitative estimate of drug-likeness (QED) is 0.252. The molecule has 1 aliphatic heterocycles. The van der Waals surface area contributed by atoms with Gasteiger partial charge in [-0.3, -0.25) is 9.89 Å². The molecule has 1 aromatic carbocycles. The minimum absolute atomic E-state index is 0. The van der Waals surface area contributed by atoms with Gasteiger partial charge in [-0.1, -0.05) is 18.2 Å². The Morgan fingerprint density at radius 2 is 1.86 bits per heavy atom. The first-order valence-corrected chi connectivity index (χ1v) is 9.91. The van der Waals surface area contributed by atoms with Crippen molar-refractivity contribution in [3.63, 3.8) is 0 Å². The number of hydrogen-bond donors (Lipinski definition) is 2. The lowest BCUT2D eigenvalue weighted by atomic mass is 10.0. The van der Waals surface area contributed by atoms with Crippen LogP contribution >= 0.6 is 24.0 Å². The molecule has 162 valence electrons. The normalized spacial score (nSPS) is 18.8. The van der Waals surface area contributed by atoms with Crippen molar-refractivity contribution in [1.82, 2.24) is 15.5 Å². The van der Waals surface area contributed by atoms with Crippen molar-refractivity contribution in [1.29, 1.82) is 0 Å². The van der Waals surface area contributed by atoms with Crippen molar-refractivity contribution < 1.29 is 14.2 Å². The van der Waals surface area contributed by atoms with Gasteiger partial charge in [-0.05, 0) is 30.5 Å². The average molecular weight is 516 g/mol. The van der Waals surface area contributed by atoms with Crippen LogP contribution in [0.25, 0.3) is 0 Å². The average Bonchev–Trinajstić information content (AvgIpc) is 3.26. The van der Waals surface area contributed by atoms with E-state index in [1.54, 1.807) is 14.2 Å². The van der Waals surface area contributed by atoms with Crippen LogP contribution in [0, 0.1) is 0 Å². The van der Waals surface area contributed by atoms with Crippen LogP contribution in [0.3, 0.4) is 0 Å². The number of guanidine groups is 1. The number of nitrogens with one attached hydrogen (secondary N) is 2. The highest BCUT2D eigenvalue weighted by molar-refractivity contribution is 14.0. The van der Waals surface area contributed by atoms with Gasteiger partial charge < -0.3 is 24.8 Å². The molecular weight excluding hydrogens is 483 g/mol. The van der Waals surface area contributed by atoms with Gasteiger partial charge in [0.25, 0.3) is 0 Å². The van der Waals surface area contributed by atoms with Crippen LogP contribution in [0.4, 0.5) is 0 Å². The van der Waals surface area contributed by atoms with E-state index in [0.29, 0.717) is 6.04 Å². The van der Waals surface area contributed by atoms with E-state index < -0.39 is 0 Å². The molecule has 2 aliphatic rings. The van der Waals surface area contributed by atoms with E-state index in [4.69, 9.17) is 14.2 Å². The Kier molecular flexibility index (Phi) is 10.0. The number of morpholine rings is 1. The van der Waals surface area contributed by atoms with Crippen molar-refractivity contribution in [2.24, 2.45) is 4.99 Å². The summed E-state index contributed by atoms with van der Waals surface area (Å²) in [6, 6.07) is 6.76. The molecule has 7 nitrogen and oxygen atoms in total. The van der Waals surface area contributed by atoms with E-state index in [1.807, 2.05) is 13.1 Å². The SMILES string of the molecule is CN=C(NCC(c1ccc(OC)c(OC)c1)N1CCOCC1)NC1CC=CC1.I. The molecule has 3 rings (SSSR count). The van der Waals surface area contributed by atoms with E-state index in [-0.39, 0.29) is 30.0 Å². The predicted molar refractivity (Wildman–Crippen MR) is 127 cm³/mol. The first-order chi connectivity index (χ1) is 13.7. The second kappa shape index (κ2) is 12.2. The molecule has 8 heteroatoms. The number of aliphatic imine (C=N–C) groups is 1. The molecule has 1 aliphatic carbocycles. The lowest BCUT2D eigenvalue weighted by molar-refractivity contribution is 0.0169. The summed E-state index contributed by atoms with van der Waals surface area (Å²) in [4.78, 5) is 6.85. The fourth-order valence-corrected chi connectivity index (χ4v) is 3.72. The van der Waals surface area contributed by atoms with E-state index in [1.165, 1.54) is 5.56 Å². The summed E-state index contributed by atoms with van der Waals surface area (Å²) in [7, 11) is 5.15. The highest BCUT2D eigenvalue weighted by atomic mass is 127. The van der Waals surface area contributed by atoms with Gasteiger partial charge in [-0.15, -0.1) is 24.0 Å². The molecule has 0 spiro atoms. The number of hydrogen-bond acceptors (Lipinski definition) is 5. The summed E-state index contributed by atoms with van der Waals surface area (Å²) >= 11 is 0. The molecule has 1 heterocycles. The zero-order valence-corrected chi connectivity index (χ0v) is 19.8. The molecule has 0 radical (unpaired) electrons. The lowest BCUT2D eigenvalue weighted by Crippen LogP contribution is -2.48. The van der Waals surface area contributed by atoms with Crippen LogP contribution in [0.15, 0.2) is 35.3 Å². The van der Waals surface area contributed by atoms with Crippen molar-refractivity contribution in [3.05, 3.63) is 35.9 Å². The third-order valence-electron chi connectivity index (χ3n) is 5.31. The zero-order chi connectivity index (χ0) is 19.8. The molecule has 0 bridgehead atoms. The summed E-state index contributed by atoms with van der Waals surface area (Å²) in [6.45, 7) is 4.06. The maximum atomic E-state index is 5.55. The number of nitrogens with zero attached hydrogens (tertiary/aromatic N) is 2. The molecule has 0 saturated carbocycles. The Balaban J connectivity index is 0.00000300. The second-order valence-electron chi connectivity index (χ2n) is 7.02. The van der Waals surface area contributed by atoms with Gasteiger partial charge in [-0.25, -0.2) is 0 Å². The molecule has 0 amide bonds. The smallest absolute Gasteiger partial charge is 0.191 e. The summed E-state index contributed by atoms with van der Waals surface area (Å²) in [5.41, 5.74) is 1.19. The Morgan fingerprint density at radius 3 is 2.48 bits per heavy atom. The van der Waals surface area contributed by atoms with Crippen LogP contribution in [-0.2, 0) is 4.74 Å². The summed E-state index contributed by atoms with van der Waals surface area (Å²) in [5.74, 6) is 2.33. The van der Waals surface area contributed by atoms with E-state index in [2.05, 4.69) is 44.8 Å². The molecule has 1 atom stereocenters. The Bertz CT molecular complexity index is 685. The van der Waals surface area contributed by atoms with Crippen molar-refractivity contribution in [3.8, 4) is 11.5 Å². The van der Waals surface area contributed by atoms with Gasteiger partial charge in [0.1, 0.15) is 0 Å². The van der Waals surface area contributed by atoms with E-state index in [9.17, 15) is 0 Å². The van der Waals surface area contributed by atoms with Crippen molar-refractivity contribution in [2.75, 3.05) is 54.1 Å². The molecular formula is C21H33IN4O3. The number of halogens is 1. The minimum atomic E-state index is 0. The molecule has 2 N–H and O–H groups in total. The van der Waals surface area contributed by atoms with Crippen LogP contribution in [0.2, 0.25) is 0 Å². The van der Waals surface area contributed by atoms with Crippen LogP contribution in [0.1, 0.15) is 24.4 Å².